The molecule has 0 aromatic heterocycles. The highest BCUT2D eigenvalue weighted by molar-refractivity contribution is 6.01. The normalized spacial score (nSPS) is 19.3. The van der Waals surface area contributed by atoms with Crippen molar-refractivity contribution in [3.8, 4) is 5.75 Å². The largest absolute Gasteiger partial charge is 0.494 e. The summed E-state index contributed by atoms with van der Waals surface area (Å²) < 4.78 is 10.8. The predicted octanol–water partition coefficient (Wildman–Crippen LogP) is 1.96. The third kappa shape index (κ3) is 3.83. The molecule has 0 unspecified atom stereocenters. The molecule has 1 aromatic carbocycles. The molecule has 7 nitrogen and oxygen atoms in total. The Balaban J connectivity index is 1.75. The van der Waals surface area contributed by atoms with E-state index in [0.717, 1.165) is 17.7 Å². The van der Waals surface area contributed by atoms with Crippen molar-refractivity contribution >= 4 is 11.9 Å². The molecule has 1 atom stereocenters. The smallest absolute Gasteiger partial charge is 0.319 e. The van der Waals surface area contributed by atoms with Crippen molar-refractivity contribution in [2.45, 2.75) is 26.3 Å². The summed E-state index contributed by atoms with van der Waals surface area (Å²) in [6, 6.07) is 6.75. The van der Waals surface area contributed by atoms with Crippen LogP contribution in [0.5, 0.6) is 5.75 Å². The molecule has 0 bridgehead atoms. The number of carbonyl (C=O) groups is 2. The third-order valence-electron chi connectivity index (χ3n) is 4.47. The van der Waals surface area contributed by atoms with Gasteiger partial charge in [0.2, 0.25) is 0 Å². The summed E-state index contributed by atoms with van der Waals surface area (Å²) in [6.07, 6.45) is 0.773. The minimum Gasteiger partial charge on any atom is -0.494 e. The topological polar surface area (TPSA) is 79.9 Å². The van der Waals surface area contributed by atoms with Crippen molar-refractivity contribution in [3.63, 3.8) is 0 Å². The van der Waals surface area contributed by atoms with Gasteiger partial charge in [-0.1, -0.05) is 12.1 Å². The molecule has 2 heterocycles. The van der Waals surface area contributed by atoms with Gasteiger partial charge in [0.1, 0.15) is 5.75 Å². The van der Waals surface area contributed by atoms with Crippen LogP contribution in [0, 0.1) is 0 Å². The van der Waals surface area contributed by atoms with E-state index in [0.29, 0.717) is 44.2 Å². The van der Waals surface area contributed by atoms with E-state index in [1.54, 1.807) is 4.90 Å². The SMILES string of the molecule is CCOCCCN1CC2=C(C1=O)[C@H](c1ccc(OCC)cc1)NC(=O)N2. The number of hydrogen-bond acceptors (Lipinski definition) is 4. The maximum Gasteiger partial charge on any atom is 0.319 e. The van der Waals surface area contributed by atoms with E-state index < -0.39 is 6.04 Å². The second-order valence-electron chi connectivity index (χ2n) is 6.20. The van der Waals surface area contributed by atoms with Crippen molar-refractivity contribution in [1.82, 2.24) is 15.5 Å². The first-order chi connectivity index (χ1) is 12.6. The van der Waals surface area contributed by atoms with Crippen molar-refractivity contribution in [1.29, 1.82) is 0 Å². The Morgan fingerprint density at radius 2 is 1.92 bits per heavy atom. The molecular weight excluding hydrogens is 334 g/mol. The molecule has 3 rings (SSSR count). The van der Waals surface area contributed by atoms with Crippen LogP contribution in [-0.4, -0.2) is 49.7 Å². The standard InChI is InChI=1S/C19H25N3O4/c1-3-25-11-5-10-22-12-15-16(18(22)23)17(21-19(24)20-15)13-6-8-14(9-7-13)26-4-2/h6-9,17H,3-5,10-12H2,1-2H3,(H2,20,21,24)/t17-/m0/s1. The highest BCUT2D eigenvalue weighted by Gasteiger charge is 2.40. The fourth-order valence-electron chi connectivity index (χ4n) is 3.28. The third-order valence-corrected chi connectivity index (χ3v) is 4.47. The molecule has 140 valence electrons. The van der Waals surface area contributed by atoms with Gasteiger partial charge < -0.3 is 25.0 Å². The fourth-order valence-corrected chi connectivity index (χ4v) is 3.28. The van der Waals surface area contributed by atoms with Crippen LogP contribution in [0.15, 0.2) is 35.5 Å². The second kappa shape index (κ2) is 8.23. The Morgan fingerprint density at radius 1 is 1.15 bits per heavy atom. The summed E-state index contributed by atoms with van der Waals surface area (Å²) in [5.74, 6) is 0.726. The molecule has 7 heteroatoms. The van der Waals surface area contributed by atoms with Gasteiger partial charge in [0.05, 0.1) is 30.5 Å². The lowest BCUT2D eigenvalue weighted by atomic mass is 9.96. The Bertz CT molecular complexity index is 699. The Morgan fingerprint density at radius 3 is 2.62 bits per heavy atom. The van der Waals surface area contributed by atoms with Gasteiger partial charge in [0, 0.05) is 19.8 Å². The van der Waals surface area contributed by atoms with Crippen molar-refractivity contribution in [3.05, 3.63) is 41.1 Å². The van der Waals surface area contributed by atoms with Crippen LogP contribution in [0.3, 0.4) is 0 Å². The number of nitrogens with zero attached hydrogens (tertiary/aromatic N) is 1. The van der Waals surface area contributed by atoms with Crippen molar-refractivity contribution in [2.75, 3.05) is 32.9 Å². The Kier molecular flexibility index (Phi) is 5.78. The van der Waals surface area contributed by atoms with E-state index >= 15 is 0 Å². The van der Waals surface area contributed by atoms with Crippen LogP contribution >= 0.6 is 0 Å². The van der Waals surface area contributed by atoms with E-state index in [4.69, 9.17) is 9.47 Å². The average Bonchev–Trinajstić information content (AvgIpc) is 2.95. The van der Waals surface area contributed by atoms with E-state index in [-0.39, 0.29) is 11.9 Å². The molecule has 0 spiro atoms. The number of urea groups is 1. The quantitative estimate of drug-likeness (QED) is 0.696. The lowest BCUT2D eigenvalue weighted by Crippen LogP contribution is -2.44. The zero-order chi connectivity index (χ0) is 18.5. The minimum absolute atomic E-state index is 0.0390. The molecule has 0 saturated heterocycles. The van der Waals surface area contributed by atoms with Crippen LogP contribution in [0.2, 0.25) is 0 Å². The van der Waals surface area contributed by atoms with Gasteiger partial charge in [-0.2, -0.15) is 0 Å². The highest BCUT2D eigenvalue weighted by Crippen LogP contribution is 2.33. The van der Waals surface area contributed by atoms with Gasteiger partial charge in [0.15, 0.2) is 0 Å². The van der Waals surface area contributed by atoms with Crippen LogP contribution < -0.4 is 15.4 Å². The summed E-state index contributed by atoms with van der Waals surface area (Å²) in [7, 11) is 0. The highest BCUT2D eigenvalue weighted by atomic mass is 16.5. The fraction of sp³-hybridized carbons (Fsp3) is 0.474. The van der Waals surface area contributed by atoms with Crippen LogP contribution in [0.1, 0.15) is 31.9 Å². The maximum atomic E-state index is 12.9. The van der Waals surface area contributed by atoms with Crippen LogP contribution in [0.4, 0.5) is 4.79 Å². The molecule has 0 aliphatic carbocycles. The number of hydrogen-bond donors (Lipinski definition) is 2. The van der Waals surface area contributed by atoms with Crippen molar-refractivity contribution < 1.29 is 19.1 Å². The molecule has 2 N–H and O–H groups in total. The first kappa shape index (κ1) is 18.3. The van der Waals surface area contributed by atoms with E-state index in [9.17, 15) is 9.59 Å². The monoisotopic (exact) mass is 359 g/mol. The Labute approximate surface area is 153 Å². The zero-order valence-electron chi connectivity index (χ0n) is 15.2. The van der Waals surface area contributed by atoms with Crippen LogP contribution in [-0.2, 0) is 9.53 Å². The van der Waals surface area contributed by atoms with Gasteiger partial charge in [-0.3, -0.25) is 4.79 Å². The van der Waals surface area contributed by atoms with E-state index in [1.807, 2.05) is 38.1 Å². The zero-order valence-corrected chi connectivity index (χ0v) is 15.2. The van der Waals surface area contributed by atoms with Gasteiger partial charge >= 0.3 is 6.03 Å². The molecule has 0 saturated carbocycles. The molecule has 1 aromatic rings. The molecule has 3 amide bonds. The number of amides is 3. The second-order valence-corrected chi connectivity index (χ2v) is 6.20. The van der Waals surface area contributed by atoms with Crippen LogP contribution in [0.25, 0.3) is 0 Å². The maximum absolute atomic E-state index is 12.9. The van der Waals surface area contributed by atoms with Gasteiger partial charge in [-0.05, 0) is 38.0 Å². The van der Waals surface area contributed by atoms with Gasteiger partial charge in [-0.15, -0.1) is 0 Å². The molecule has 0 radical (unpaired) electrons. The first-order valence-electron chi connectivity index (χ1n) is 9.04. The summed E-state index contributed by atoms with van der Waals surface area (Å²) in [5, 5.41) is 5.64. The summed E-state index contributed by atoms with van der Waals surface area (Å²) >= 11 is 0. The minimum atomic E-state index is -0.446. The first-order valence-corrected chi connectivity index (χ1v) is 9.04. The van der Waals surface area contributed by atoms with E-state index in [1.165, 1.54) is 0 Å². The molecule has 2 aliphatic heterocycles. The molecule has 26 heavy (non-hydrogen) atoms. The number of rotatable bonds is 8. The molecule has 2 aliphatic rings. The summed E-state index contributed by atoms with van der Waals surface area (Å²) in [4.78, 5) is 26.7. The lowest BCUT2D eigenvalue weighted by Gasteiger charge is -2.25. The lowest BCUT2D eigenvalue weighted by molar-refractivity contribution is -0.126. The average molecular weight is 359 g/mol. The molecule has 0 fully saturated rings. The predicted molar refractivity (Wildman–Crippen MR) is 96.7 cm³/mol. The molecular formula is C19H25N3O4. The number of benzene rings is 1. The van der Waals surface area contributed by atoms with Gasteiger partial charge in [-0.25, -0.2) is 4.79 Å². The number of nitrogens with one attached hydrogen (secondary N) is 2. The number of ether oxygens (including phenoxy) is 2. The van der Waals surface area contributed by atoms with Gasteiger partial charge in [0.25, 0.3) is 5.91 Å². The van der Waals surface area contributed by atoms with Crippen molar-refractivity contribution in [2.24, 2.45) is 0 Å². The summed E-state index contributed by atoms with van der Waals surface area (Å²) in [5.41, 5.74) is 2.17. The Hall–Kier alpha value is -2.54. The van der Waals surface area contributed by atoms with E-state index in [2.05, 4.69) is 10.6 Å². The number of carbonyl (C=O) groups excluding carboxylic acids is 2. The summed E-state index contributed by atoms with van der Waals surface area (Å²) in [6.45, 7) is 6.80.